The summed E-state index contributed by atoms with van der Waals surface area (Å²) in [5, 5.41) is 11.6. The highest BCUT2D eigenvalue weighted by atomic mass is 16.4. The molecule has 6 N–H and O–H groups in total. The summed E-state index contributed by atoms with van der Waals surface area (Å²) < 4.78 is 0. The maximum absolute atomic E-state index is 11.9. The van der Waals surface area contributed by atoms with Crippen molar-refractivity contribution < 1.29 is 14.7 Å². The average molecular weight is 292 g/mol. The molecule has 21 heavy (non-hydrogen) atoms. The van der Waals surface area contributed by atoms with Crippen molar-refractivity contribution in [1.82, 2.24) is 25.3 Å². The molecule has 0 aliphatic carbocycles. The van der Waals surface area contributed by atoms with Crippen LogP contribution < -0.4 is 11.1 Å². The number of aliphatic carboxylic acids is 1. The molecule has 2 aromatic heterocycles. The van der Waals surface area contributed by atoms with E-state index in [0.29, 0.717) is 11.4 Å². The Kier molecular flexibility index (Phi) is 4.67. The molecule has 0 bridgehead atoms. The van der Waals surface area contributed by atoms with Gasteiger partial charge >= 0.3 is 5.97 Å². The molecule has 9 heteroatoms. The number of hydrogen-bond donors (Lipinski definition) is 5. The number of H-pyrrole nitrogens is 2. The van der Waals surface area contributed by atoms with Gasteiger partial charge in [-0.05, 0) is 0 Å². The molecule has 0 unspecified atom stereocenters. The standard InChI is InChI=1S/C12H16N6O3/c13-9(1-7-3-14-5-16-7)11(19)18-10(12(20)21)2-8-4-15-6-17-8/h3-6,9-10H,1-2,13H2,(H,14,16)(H,15,17)(H,18,19)(H,20,21)/t9-,10-/m1/s1. The molecule has 1 amide bonds. The predicted octanol–water partition coefficient (Wildman–Crippen LogP) is -1.19. The average Bonchev–Trinajstić information content (AvgIpc) is 3.10. The summed E-state index contributed by atoms with van der Waals surface area (Å²) in [7, 11) is 0. The van der Waals surface area contributed by atoms with Gasteiger partial charge in [-0.2, -0.15) is 0 Å². The molecule has 0 aliphatic heterocycles. The van der Waals surface area contributed by atoms with Crippen molar-refractivity contribution in [2.24, 2.45) is 5.73 Å². The quantitative estimate of drug-likeness (QED) is 0.433. The lowest BCUT2D eigenvalue weighted by Crippen LogP contribution is -2.50. The molecular weight excluding hydrogens is 276 g/mol. The van der Waals surface area contributed by atoms with Crippen LogP contribution in [0.3, 0.4) is 0 Å². The second-order valence-corrected chi connectivity index (χ2v) is 4.54. The van der Waals surface area contributed by atoms with Crippen LogP contribution in [0, 0.1) is 0 Å². The molecule has 0 fully saturated rings. The molecule has 0 radical (unpaired) electrons. The number of carbonyl (C=O) groups is 2. The fourth-order valence-electron chi connectivity index (χ4n) is 1.81. The van der Waals surface area contributed by atoms with Crippen LogP contribution in [0.5, 0.6) is 0 Å². The van der Waals surface area contributed by atoms with Crippen LogP contribution >= 0.6 is 0 Å². The molecule has 0 spiro atoms. The molecule has 0 aromatic carbocycles. The maximum Gasteiger partial charge on any atom is 0.326 e. The summed E-state index contributed by atoms with van der Waals surface area (Å²) in [4.78, 5) is 36.5. The lowest BCUT2D eigenvalue weighted by molar-refractivity contribution is -0.142. The normalized spacial score (nSPS) is 13.6. The van der Waals surface area contributed by atoms with Crippen molar-refractivity contribution in [1.29, 1.82) is 0 Å². The van der Waals surface area contributed by atoms with Crippen LogP contribution in [-0.2, 0) is 22.4 Å². The molecule has 9 nitrogen and oxygen atoms in total. The van der Waals surface area contributed by atoms with Crippen LogP contribution in [0.1, 0.15) is 11.4 Å². The number of imidazole rings is 2. The third kappa shape index (κ3) is 4.14. The molecule has 112 valence electrons. The van der Waals surface area contributed by atoms with Gasteiger partial charge in [0.2, 0.25) is 5.91 Å². The minimum absolute atomic E-state index is 0.0830. The number of aromatic nitrogens is 4. The first-order valence-electron chi connectivity index (χ1n) is 6.30. The number of carboxylic acid groups (broad SMARTS) is 1. The first-order chi connectivity index (χ1) is 10.1. The molecule has 0 saturated carbocycles. The Balaban J connectivity index is 1.92. The van der Waals surface area contributed by atoms with Crippen molar-refractivity contribution in [3.05, 3.63) is 36.4 Å². The Bertz CT molecular complexity index is 580. The van der Waals surface area contributed by atoms with Crippen LogP contribution in [-0.4, -0.2) is 49.0 Å². The van der Waals surface area contributed by atoms with E-state index in [1.54, 1.807) is 12.4 Å². The summed E-state index contributed by atoms with van der Waals surface area (Å²) in [6.45, 7) is 0. The minimum Gasteiger partial charge on any atom is -0.480 e. The van der Waals surface area contributed by atoms with E-state index < -0.39 is 24.0 Å². The Hall–Kier alpha value is -2.68. The van der Waals surface area contributed by atoms with Gasteiger partial charge in [-0.25, -0.2) is 14.8 Å². The number of amides is 1. The number of carbonyl (C=O) groups excluding carboxylic acids is 1. The summed E-state index contributed by atoms with van der Waals surface area (Å²) in [6, 6.07) is -1.94. The number of nitrogens with zero attached hydrogens (tertiary/aromatic N) is 2. The first-order valence-corrected chi connectivity index (χ1v) is 6.30. The number of aromatic amines is 2. The van der Waals surface area contributed by atoms with E-state index in [4.69, 9.17) is 10.8 Å². The molecule has 0 aliphatic rings. The van der Waals surface area contributed by atoms with Crippen molar-refractivity contribution in [3.8, 4) is 0 Å². The minimum atomic E-state index is -1.14. The first kappa shape index (κ1) is 14.7. The van der Waals surface area contributed by atoms with E-state index in [1.807, 2.05) is 0 Å². The third-order valence-electron chi connectivity index (χ3n) is 2.90. The van der Waals surface area contributed by atoms with Gasteiger partial charge in [0.25, 0.3) is 0 Å². The van der Waals surface area contributed by atoms with Gasteiger partial charge in [0.1, 0.15) is 6.04 Å². The van der Waals surface area contributed by atoms with E-state index in [1.165, 1.54) is 12.7 Å². The molecular formula is C12H16N6O3. The highest BCUT2D eigenvalue weighted by Crippen LogP contribution is 2.01. The predicted molar refractivity (Wildman–Crippen MR) is 72.1 cm³/mol. The van der Waals surface area contributed by atoms with Crippen molar-refractivity contribution in [3.63, 3.8) is 0 Å². The van der Waals surface area contributed by atoms with Crippen LogP contribution in [0.15, 0.2) is 25.0 Å². The molecule has 2 aromatic rings. The Morgan fingerprint density at radius 3 is 2.24 bits per heavy atom. The van der Waals surface area contributed by atoms with E-state index in [0.717, 1.165) is 0 Å². The summed E-state index contributed by atoms with van der Waals surface area (Å²) in [5.74, 6) is -1.68. The zero-order chi connectivity index (χ0) is 15.2. The highest BCUT2D eigenvalue weighted by molar-refractivity contribution is 5.87. The fraction of sp³-hybridized carbons (Fsp3) is 0.333. The van der Waals surface area contributed by atoms with E-state index in [2.05, 4.69) is 25.3 Å². The van der Waals surface area contributed by atoms with E-state index >= 15 is 0 Å². The van der Waals surface area contributed by atoms with Crippen LogP contribution in [0.25, 0.3) is 0 Å². The van der Waals surface area contributed by atoms with Crippen molar-refractivity contribution >= 4 is 11.9 Å². The largest absolute Gasteiger partial charge is 0.480 e. The van der Waals surface area contributed by atoms with E-state index in [-0.39, 0.29) is 12.8 Å². The fourth-order valence-corrected chi connectivity index (χ4v) is 1.81. The van der Waals surface area contributed by atoms with Gasteiger partial charge in [0.05, 0.1) is 30.1 Å². The molecule has 2 atom stereocenters. The lowest BCUT2D eigenvalue weighted by atomic mass is 10.1. The number of nitrogens with one attached hydrogen (secondary N) is 3. The lowest BCUT2D eigenvalue weighted by Gasteiger charge is -2.16. The molecule has 2 heterocycles. The second kappa shape index (κ2) is 6.66. The molecule has 0 saturated heterocycles. The number of carboxylic acids is 1. The highest BCUT2D eigenvalue weighted by Gasteiger charge is 2.24. The number of nitrogens with two attached hydrogens (primary N) is 1. The maximum atomic E-state index is 11.9. The SMILES string of the molecule is N[C@H](Cc1c[nH]cn1)C(=O)N[C@H](Cc1c[nH]cn1)C(=O)O. The van der Waals surface area contributed by atoms with Gasteiger partial charge in [0, 0.05) is 25.2 Å². The Morgan fingerprint density at radius 1 is 1.19 bits per heavy atom. The zero-order valence-corrected chi connectivity index (χ0v) is 11.1. The van der Waals surface area contributed by atoms with E-state index in [9.17, 15) is 9.59 Å². The Labute approximate surface area is 120 Å². The molecule has 2 rings (SSSR count). The summed E-state index contributed by atoms with van der Waals surface area (Å²) in [5.41, 5.74) is 6.93. The van der Waals surface area contributed by atoms with Gasteiger partial charge in [-0.15, -0.1) is 0 Å². The smallest absolute Gasteiger partial charge is 0.326 e. The number of hydrogen-bond acceptors (Lipinski definition) is 5. The van der Waals surface area contributed by atoms with Gasteiger partial charge in [0.15, 0.2) is 0 Å². The van der Waals surface area contributed by atoms with Gasteiger partial charge in [-0.3, -0.25) is 4.79 Å². The van der Waals surface area contributed by atoms with Crippen LogP contribution in [0.2, 0.25) is 0 Å². The van der Waals surface area contributed by atoms with Crippen molar-refractivity contribution in [2.45, 2.75) is 24.9 Å². The topological polar surface area (TPSA) is 150 Å². The second-order valence-electron chi connectivity index (χ2n) is 4.54. The third-order valence-corrected chi connectivity index (χ3v) is 2.90. The summed E-state index contributed by atoms with van der Waals surface area (Å²) >= 11 is 0. The van der Waals surface area contributed by atoms with Crippen LogP contribution in [0.4, 0.5) is 0 Å². The van der Waals surface area contributed by atoms with Gasteiger partial charge < -0.3 is 26.1 Å². The van der Waals surface area contributed by atoms with Gasteiger partial charge in [-0.1, -0.05) is 0 Å². The number of rotatable bonds is 7. The monoisotopic (exact) mass is 292 g/mol. The Morgan fingerprint density at radius 2 is 1.76 bits per heavy atom. The zero-order valence-electron chi connectivity index (χ0n) is 11.1. The summed E-state index contributed by atoms with van der Waals surface area (Å²) in [6.07, 6.45) is 6.44. The van der Waals surface area contributed by atoms with Crippen molar-refractivity contribution in [2.75, 3.05) is 0 Å².